The largest absolute Gasteiger partial charge is 0.355 e. The predicted octanol–water partition coefficient (Wildman–Crippen LogP) is -0.855. The van der Waals surface area contributed by atoms with E-state index in [1.165, 1.54) is 13.2 Å². The van der Waals surface area contributed by atoms with Crippen LogP contribution in [0.1, 0.15) is 13.8 Å². The number of carbonyl (C=O) groups is 1. The molecule has 14 heavy (non-hydrogen) atoms. The van der Waals surface area contributed by atoms with Crippen LogP contribution < -0.4 is 10.6 Å². The molecule has 0 aliphatic rings. The first-order chi connectivity index (χ1) is 6.31. The Labute approximate surface area is 85.2 Å². The Hall–Kier alpha value is -0.620. The number of sulfone groups is 1. The van der Waals surface area contributed by atoms with Gasteiger partial charge in [-0.3, -0.25) is 4.79 Å². The second-order valence-corrected chi connectivity index (χ2v) is 5.62. The highest BCUT2D eigenvalue weighted by Gasteiger charge is 2.08. The van der Waals surface area contributed by atoms with E-state index in [0.29, 0.717) is 13.1 Å². The molecule has 0 bridgehead atoms. The molecule has 1 unspecified atom stereocenters. The zero-order valence-electron chi connectivity index (χ0n) is 8.83. The Morgan fingerprint density at radius 1 is 1.36 bits per heavy atom. The normalized spacial score (nSPS) is 13.6. The first-order valence-corrected chi connectivity index (χ1v) is 6.53. The molecule has 2 N–H and O–H groups in total. The van der Waals surface area contributed by atoms with Gasteiger partial charge in [-0.25, -0.2) is 8.42 Å². The third kappa shape index (κ3) is 9.47. The van der Waals surface area contributed by atoms with Gasteiger partial charge in [-0.05, 0) is 6.92 Å². The van der Waals surface area contributed by atoms with Crippen molar-refractivity contribution >= 4 is 15.7 Å². The van der Waals surface area contributed by atoms with Crippen molar-refractivity contribution in [2.45, 2.75) is 19.9 Å². The summed E-state index contributed by atoms with van der Waals surface area (Å²) in [7, 11) is -2.93. The highest BCUT2D eigenvalue weighted by molar-refractivity contribution is 7.90. The molecule has 84 valence electrons. The molecule has 0 fully saturated rings. The van der Waals surface area contributed by atoms with Gasteiger partial charge in [0.15, 0.2) is 0 Å². The standard InChI is InChI=1S/C8H18N2O3S/c1-7(6-14(3,12)13)9-4-5-10-8(2)11/h7,9H,4-6H2,1-3H3,(H,10,11). The summed E-state index contributed by atoms with van der Waals surface area (Å²) in [6, 6.07) is -0.0845. The fourth-order valence-corrected chi connectivity index (χ4v) is 2.10. The van der Waals surface area contributed by atoms with Gasteiger partial charge in [0.25, 0.3) is 0 Å². The van der Waals surface area contributed by atoms with Crippen molar-refractivity contribution in [1.82, 2.24) is 10.6 Å². The Balaban J connectivity index is 3.55. The van der Waals surface area contributed by atoms with E-state index in [1.54, 1.807) is 6.92 Å². The summed E-state index contributed by atoms with van der Waals surface area (Å²) < 4.78 is 21.7. The molecule has 0 aromatic heterocycles. The zero-order valence-corrected chi connectivity index (χ0v) is 9.65. The van der Waals surface area contributed by atoms with Crippen LogP contribution >= 0.6 is 0 Å². The average Bonchev–Trinajstić information content (AvgIpc) is 1.94. The quantitative estimate of drug-likeness (QED) is 0.574. The van der Waals surface area contributed by atoms with Gasteiger partial charge in [0.1, 0.15) is 9.84 Å². The summed E-state index contributed by atoms with van der Waals surface area (Å²) in [4.78, 5) is 10.5. The van der Waals surface area contributed by atoms with Gasteiger partial charge in [0.2, 0.25) is 5.91 Å². The predicted molar refractivity (Wildman–Crippen MR) is 55.9 cm³/mol. The van der Waals surface area contributed by atoms with Crippen molar-refractivity contribution < 1.29 is 13.2 Å². The van der Waals surface area contributed by atoms with Gasteiger partial charge in [-0.15, -0.1) is 0 Å². The molecule has 1 atom stereocenters. The third-order valence-electron chi connectivity index (χ3n) is 1.54. The lowest BCUT2D eigenvalue weighted by Gasteiger charge is -2.12. The Morgan fingerprint density at radius 2 is 1.93 bits per heavy atom. The molecular weight excluding hydrogens is 204 g/mol. The topological polar surface area (TPSA) is 75.3 Å². The molecule has 0 aromatic carbocycles. The SMILES string of the molecule is CC(=O)NCCNC(C)CS(C)(=O)=O. The molecule has 0 spiro atoms. The second kappa shape index (κ2) is 5.98. The van der Waals surface area contributed by atoms with Crippen LogP contribution in [0.4, 0.5) is 0 Å². The van der Waals surface area contributed by atoms with E-state index >= 15 is 0 Å². The van der Waals surface area contributed by atoms with Crippen molar-refractivity contribution in [3.8, 4) is 0 Å². The molecule has 0 aliphatic heterocycles. The second-order valence-electron chi connectivity index (χ2n) is 3.43. The maximum atomic E-state index is 10.9. The highest BCUT2D eigenvalue weighted by Crippen LogP contribution is 1.88. The highest BCUT2D eigenvalue weighted by atomic mass is 32.2. The van der Waals surface area contributed by atoms with Crippen molar-refractivity contribution in [3.63, 3.8) is 0 Å². The van der Waals surface area contributed by atoms with E-state index < -0.39 is 9.84 Å². The minimum Gasteiger partial charge on any atom is -0.355 e. The van der Waals surface area contributed by atoms with Gasteiger partial charge in [-0.2, -0.15) is 0 Å². The molecule has 0 rings (SSSR count). The van der Waals surface area contributed by atoms with Crippen LogP contribution in [0.25, 0.3) is 0 Å². The monoisotopic (exact) mass is 222 g/mol. The summed E-state index contributed by atoms with van der Waals surface area (Å²) in [5, 5.41) is 5.61. The van der Waals surface area contributed by atoms with E-state index in [0.717, 1.165) is 0 Å². The summed E-state index contributed by atoms with van der Waals surface area (Å²) in [5.41, 5.74) is 0. The Bertz CT molecular complexity index is 274. The van der Waals surface area contributed by atoms with Gasteiger partial charge in [0, 0.05) is 32.3 Å². The minimum absolute atomic E-state index is 0.0810. The van der Waals surface area contributed by atoms with Crippen molar-refractivity contribution in [2.24, 2.45) is 0 Å². The Kier molecular flexibility index (Phi) is 5.71. The smallest absolute Gasteiger partial charge is 0.216 e. The molecule has 1 amide bonds. The van der Waals surface area contributed by atoms with E-state index in [9.17, 15) is 13.2 Å². The molecular formula is C8H18N2O3S. The average molecular weight is 222 g/mol. The van der Waals surface area contributed by atoms with Crippen molar-refractivity contribution in [3.05, 3.63) is 0 Å². The van der Waals surface area contributed by atoms with E-state index in [4.69, 9.17) is 0 Å². The number of carbonyl (C=O) groups excluding carboxylic acids is 1. The number of hydrogen-bond acceptors (Lipinski definition) is 4. The van der Waals surface area contributed by atoms with Crippen LogP contribution in [-0.4, -0.2) is 45.5 Å². The van der Waals surface area contributed by atoms with Crippen molar-refractivity contribution in [2.75, 3.05) is 25.1 Å². The van der Waals surface area contributed by atoms with Crippen LogP contribution in [0.3, 0.4) is 0 Å². The number of hydrogen-bond donors (Lipinski definition) is 2. The van der Waals surface area contributed by atoms with E-state index in [1.807, 2.05) is 0 Å². The molecule has 0 radical (unpaired) electrons. The van der Waals surface area contributed by atoms with Crippen LogP contribution in [0.5, 0.6) is 0 Å². The number of amides is 1. The summed E-state index contributed by atoms with van der Waals surface area (Å²) in [6.45, 7) is 4.34. The number of nitrogens with one attached hydrogen (secondary N) is 2. The molecule has 0 heterocycles. The molecule has 0 aliphatic carbocycles. The first kappa shape index (κ1) is 13.4. The lowest BCUT2D eigenvalue weighted by Crippen LogP contribution is -2.38. The molecule has 0 saturated carbocycles. The summed E-state index contributed by atoms with van der Waals surface area (Å²) in [5.74, 6) is 0.0372. The number of rotatable bonds is 6. The molecule has 5 nitrogen and oxygen atoms in total. The molecule has 0 aromatic rings. The lowest BCUT2D eigenvalue weighted by atomic mass is 10.4. The van der Waals surface area contributed by atoms with Crippen LogP contribution in [0, 0.1) is 0 Å². The van der Waals surface area contributed by atoms with Gasteiger partial charge in [0.05, 0.1) is 5.75 Å². The molecule has 6 heteroatoms. The summed E-state index contributed by atoms with van der Waals surface area (Å²) in [6.07, 6.45) is 1.21. The van der Waals surface area contributed by atoms with Crippen LogP contribution in [0.2, 0.25) is 0 Å². The minimum atomic E-state index is -2.93. The van der Waals surface area contributed by atoms with Gasteiger partial charge < -0.3 is 10.6 Å². The third-order valence-corrected chi connectivity index (χ3v) is 2.65. The van der Waals surface area contributed by atoms with Crippen molar-refractivity contribution in [1.29, 1.82) is 0 Å². The maximum absolute atomic E-state index is 10.9. The fraction of sp³-hybridized carbons (Fsp3) is 0.875. The summed E-state index contributed by atoms with van der Waals surface area (Å²) >= 11 is 0. The lowest BCUT2D eigenvalue weighted by molar-refractivity contribution is -0.118. The Morgan fingerprint density at radius 3 is 2.36 bits per heavy atom. The van der Waals surface area contributed by atoms with Crippen LogP contribution in [0.15, 0.2) is 0 Å². The fourth-order valence-electron chi connectivity index (χ4n) is 1.07. The van der Waals surface area contributed by atoms with Gasteiger partial charge >= 0.3 is 0 Å². The van der Waals surface area contributed by atoms with E-state index in [2.05, 4.69) is 10.6 Å². The molecule has 0 saturated heterocycles. The van der Waals surface area contributed by atoms with Crippen LogP contribution in [-0.2, 0) is 14.6 Å². The first-order valence-electron chi connectivity index (χ1n) is 4.47. The zero-order chi connectivity index (χ0) is 11.2. The van der Waals surface area contributed by atoms with Gasteiger partial charge in [-0.1, -0.05) is 0 Å². The van der Waals surface area contributed by atoms with E-state index in [-0.39, 0.29) is 17.7 Å². The maximum Gasteiger partial charge on any atom is 0.216 e.